The largest absolute Gasteiger partial charge is 0.146 e. The lowest BCUT2D eigenvalue weighted by atomic mass is 9.79. The van der Waals surface area contributed by atoms with Gasteiger partial charge in [0.15, 0.2) is 0 Å². The Balaban J connectivity index is 3.08. The van der Waals surface area contributed by atoms with Crippen molar-refractivity contribution in [1.29, 1.82) is 0 Å². The van der Waals surface area contributed by atoms with Gasteiger partial charge < -0.3 is 0 Å². The fourth-order valence-corrected chi connectivity index (χ4v) is 19.6. The summed E-state index contributed by atoms with van der Waals surface area (Å²) in [5.74, 6) is 45.2. The first kappa shape index (κ1) is 57.2. The standard InChI is InChI=1S/C64H84Si2/c1-47(2)65(48(3)4,49(5)6)39-37-55(35-31-27-25-29-33-53-41-57(61(13,14)15)45-58(42-53)62(16,17)18)56(38-40-66(50(7)8,51(9)10)52(11)12)36-32-28-26-30-34-54-43-59(63(19,20)21)46-60(44-54)64(22,23)24/h41-52H,1-24H3/b56-55+. The van der Waals surface area contributed by atoms with Gasteiger partial charge in [-0.25, -0.2) is 0 Å². The summed E-state index contributed by atoms with van der Waals surface area (Å²) in [4.78, 5) is 0. The summed E-state index contributed by atoms with van der Waals surface area (Å²) in [5, 5.41) is 0. The average molecular weight is 910 g/mol. The highest BCUT2D eigenvalue weighted by molar-refractivity contribution is 6.91. The van der Waals surface area contributed by atoms with Crippen LogP contribution in [0.25, 0.3) is 0 Å². The van der Waals surface area contributed by atoms with Crippen molar-refractivity contribution in [2.24, 2.45) is 0 Å². The van der Waals surface area contributed by atoms with E-state index in [2.05, 4.69) is 297 Å². The maximum Gasteiger partial charge on any atom is 0.146 e. The van der Waals surface area contributed by atoms with Gasteiger partial charge in [0.25, 0.3) is 0 Å². The second-order valence-corrected chi connectivity index (χ2v) is 35.3. The lowest BCUT2D eigenvalue weighted by molar-refractivity contribution is 0.567. The zero-order chi connectivity index (χ0) is 50.6. The van der Waals surface area contributed by atoms with Gasteiger partial charge in [-0.1, -0.05) is 202 Å². The van der Waals surface area contributed by atoms with Gasteiger partial charge in [-0.3, -0.25) is 0 Å². The van der Waals surface area contributed by atoms with Crippen LogP contribution in [0.15, 0.2) is 47.5 Å². The molecule has 0 heterocycles. The first-order valence-electron chi connectivity index (χ1n) is 24.4. The van der Waals surface area contributed by atoms with Crippen LogP contribution in [0.3, 0.4) is 0 Å². The Hall–Kier alpha value is -4.91. The SMILES string of the molecule is CC(C)[Si](C#C/C(C#CC#CC#Cc1cc(C(C)(C)C)cc(C(C)(C)C)c1)=C(\C#CC#CC#Cc1cc(C(C)(C)C)cc(C(C)(C)C)c1)C#C[Si](C(C)C)(C(C)C)C(C)C)(C(C)C)C(C)C. The Kier molecular flexibility index (Phi) is 20.1. The zero-order valence-electron chi connectivity index (χ0n) is 45.9. The van der Waals surface area contributed by atoms with Gasteiger partial charge in [-0.2, -0.15) is 0 Å². The Morgan fingerprint density at radius 3 is 0.758 bits per heavy atom. The van der Waals surface area contributed by atoms with Crippen molar-refractivity contribution < 1.29 is 0 Å². The van der Waals surface area contributed by atoms with Gasteiger partial charge in [-0.15, -0.1) is 11.1 Å². The molecule has 0 nitrogen and oxygen atoms in total. The van der Waals surface area contributed by atoms with Gasteiger partial charge in [0.2, 0.25) is 0 Å². The molecule has 0 radical (unpaired) electrons. The molecule has 0 aliphatic carbocycles. The van der Waals surface area contributed by atoms with Crippen molar-refractivity contribution in [2.75, 3.05) is 0 Å². The molecule has 0 aliphatic heterocycles. The monoisotopic (exact) mass is 909 g/mol. The number of benzene rings is 2. The molecule has 348 valence electrons. The molecular formula is C64H84Si2. The van der Waals surface area contributed by atoms with E-state index in [-0.39, 0.29) is 21.7 Å². The van der Waals surface area contributed by atoms with Crippen LogP contribution < -0.4 is 0 Å². The summed E-state index contributed by atoms with van der Waals surface area (Å²) in [6, 6.07) is 13.3. The quantitative estimate of drug-likeness (QED) is 0.200. The summed E-state index contributed by atoms with van der Waals surface area (Å²) in [5.41, 5.74) is 18.7. The molecule has 2 heteroatoms. The highest BCUT2D eigenvalue weighted by Crippen LogP contribution is 2.42. The molecule has 2 rings (SSSR count). The molecule has 0 bridgehead atoms. The molecule has 0 saturated heterocycles. The molecule has 0 aliphatic rings. The second-order valence-electron chi connectivity index (χ2n) is 24.1. The van der Waals surface area contributed by atoms with Gasteiger partial charge in [0, 0.05) is 11.1 Å². The van der Waals surface area contributed by atoms with Crippen LogP contribution in [0, 0.1) is 94.0 Å². The number of hydrogen-bond donors (Lipinski definition) is 0. The molecular weight excluding hydrogens is 825 g/mol. The highest BCUT2D eigenvalue weighted by atomic mass is 28.3. The van der Waals surface area contributed by atoms with Crippen LogP contribution in [-0.2, 0) is 21.7 Å². The first-order chi connectivity index (χ1) is 30.2. The predicted octanol–water partition coefficient (Wildman–Crippen LogP) is 16.0. The molecule has 0 unspecified atom stereocenters. The Morgan fingerprint density at radius 1 is 0.318 bits per heavy atom. The topological polar surface area (TPSA) is 0 Å². The van der Waals surface area contributed by atoms with Crippen LogP contribution >= 0.6 is 0 Å². The summed E-state index contributed by atoms with van der Waals surface area (Å²) in [6.45, 7) is 54.8. The van der Waals surface area contributed by atoms with E-state index < -0.39 is 16.1 Å². The second kappa shape index (κ2) is 23.2. The number of allylic oxidation sites excluding steroid dienone is 2. The molecule has 0 spiro atoms. The normalized spacial score (nSPS) is 12.3. The van der Waals surface area contributed by atoms with Crippen molar-refractivity contribution in [3.05, 3.63) is 80.9 Å². The van der Waals surface area contributed by atoms with Gasteiger partial charge in [0.1, 0.15) is 16.1 Å². The van der Waals surface area contributed by atoms with Crippen molar-refractivity contribution in [3.63, 3.8) is 0 Å². The molecule has 0 N–H and O–H groups in total. The van der Waals surface area contributed by atoms with Crippen molar-refractivity contribution >= 4 is 16.1 Å². The van der Waals surface area contributed by atoms with E-state index in [9.17, 15) is 0 Å². The molecule has 0 amide bonds. The third kappa shape index (κ3) is 15.6. The third-order valence-corrected chi connectivity index (χ3v) is 25.9. The molecule has 0 aromatic heterocycles. The Labute approximate surface area is 410 Å². The maximum atomic E-state index is 3.91. The summed E-state index contributed by atoms with van der Waals surface area (Å²) >= 11 is 0. The molecule has 0 fully saturated rings. The van der Waals surface area contributed by atoms with E-state index in [1.54, 1.807) is 0 Å². The van der Waals surface area contributed by atoms with E-state index in [0.717, 1.165) is 11.1 Å². The smallest absolute Gasteiger partial charge is 0.124 e. The van der Waals surface area contributed by atoms with Crippen LogP contribution in [0.4, 0.5) is 0 Å². The van der Waals surface area contributed by atoms with E-state index in [1.165, 1.54) is 22.3 Å². The first-order valence-corrected chi connectivity index (χ1v) is 28.8. The van der Waals surface area contributed by atoms with E-state index in [0.29, 0.717) is 44.4 Å². The summed E-state index contributed by atoms with van der Waals surface area (Å²) in [7, 11) is -4.30. The maximum absolute atomic E-state index is 3.91. The minimum absolute atomic E-state index is 0.000979. The van der Waals surface area contributed by atoms with Gasteiger partial charge in [0.05, 0.1) is 11.1 Å². The number of hydrogen-bond acceptors (Lipinski definition) is 0. The summed E-state index contributed by atoms with van der Waals surface area (Å²) in [6.07, 6.45) is 0. The minimum Gasteiger partial charge on any atom is -0.124 e. The fraction of sp³-hybridized carbons (Fsp3) is 0.531. The van der Waals surface area contributed by atoms with Gasteiger partial charge >= 0.3 is 0 Å². The average Bonchev–Trinajstić information content (AvgIpc) is 3.17. The lowest BCUT2D eigenvalue weighted by Crippen LogP contribution is -2.43. The van der Waals surface area contributed by atoms with Crippen molar-refractivity contribution in [1.82, 2.24) is 0 Å². The van der Waals surface area contributed by atoms with E-state index in [1.807, 2.05) is 0 Å². The highest BCUT2D eigenvalue weighted by Gasteiger charge is 2.43. The van der Waals surface area contributed by atoms with Gasteiger partial charge in [-0.05, 0) is 161 Å². The molecule has 2 aromatic rings. The fourth-order valence-electron chi connectivity index (χ4n) is 9.17. The van der Waals surface area contributed by atoms with E-state index >= 15 is 0 Å². The molecule has 66 heavy (non-hydrogen) atoms. The molecule has 0 saturated carbocycles. The lowest BCUT2D eigenvalue weighted by Gasteiger charge is -2.38. The third-order valence-electron chi connectivity index (χ3n) is 13.3. The zero-order valence-corrected chi connectivity index (χ0v) is 47.9. The Bertz CT molecular complexity index is 2320. The predicted molar refractivity (Wildman–Crippen MR) is 297 cm³/mol. The van der Waals surface area contributed by atoms with Crippen LogP contribution in [-0.4, -0.2) is 16.1 Å². The van der Waals surface area contributed by atoms with Crippen LogP contribution in [0.5, 0.6) is 0 Å². The Morgan fingerprint density at radius 2 is 0.545 bits per heavy atom. The van der Waals surface area contributed by atoms with E-state index in [4.69, 9.17) is 0 Å². The van der Waals surface area contributed by atoms with Crippen molar-refractivity contribution in [3.8, 4) is 94.0 Å². The minimum atomic E-state index is -2.15. The molecule has 0 atom stereocenters. The molecule has 2 aromatic carbocycles. The number of rotatable bonds is 6. The van der Waals surface area contributed by atoms with Crippen LogP contribution in [0.1, 0.15) is 200 Å². The summed E-state index contributed by atoms with van der Waals surface area (Å²) < 4.78 is 0. The van der Waals surface area contributed by atoms with Crippen molar-refractivity contribution in [2.45, 2.75) is 221 Å². The van der Waals surface area contributed by atoms with Crippen LogP contribution in [0.2, 0.25) is 33.2 Å².